The minimum atomic E-state index is -1.02. The lowest BCUT2D eigenvalue weighted by Crippen LogP contribution is -1.95. The van der Waals surface area contributed by atoms with Crippen molar-refractivity contribution >= 4 is 5.97 Å². The van der Waals surface area contributed by atoms with Crippen molar-refractivity contribution in [1.29, 1.82) is 5.26 Å². The molecule has 0 bridgehead atoms. The van der Waals surface area contributed by atoms with E-state index in [0.29, 0.717) is 16.7 Å². The summed E-state index contributed by atoms with van der Waals surface area (Å²) in [6.07, 6.45) is 0. The van der Waals surface area contributed by atoms with Crippen molar-refractivity contribution in [3.63, 3.8) is 0 Å². The van der Waals surface area contributed by atoms with Gasteiger partial charge in [0.05, 0.1) is 17.2 Å². The van der Waals surface area contributed by atoms with Crippen molar-refractivity contribution in [2.75, 3.05) is 0 Å². The second-order valence-electron chi connectivity index (χ2n) is 3.77. The predicted molar refractivity (Wildman–Crippen MR) is 65.2 cm³/mol. The van der Waals surface area contributed by atoms with Crippen molar-refractivity contribution < 1.29 is 15.0 Å². The van der Waals surface area contributed by atoms with Crippen LogP contribution < -0.4 is 0 Å². The van der Waals surface area contributed by atoms with Gasteiger partial charge in [0, 0.05) is 0 Å². The molecule has 4 nitrogen and oxygen atoms in total. The van der Waals surface area contributed by atoms with Crippen LogP contribution in [0.25, 0.3) is 11.1 Å². The number of nitrogens with zero attached hydrogens (tertiary/aromatic N) is 1. The van der Waals surface area contributed by atoms with Crippen LogP contribution in [0.5, 0.6) is 5.75 Å². The van der Waals surface area contributed by atoms with E-state index in [4.69, 9.17) is 10.4 Å². The van der Waals surface area contributed by atoms with Crippen molar-refractivity contribution in [3.05, 3.63) is 53.6 Å². The number of benzene rings is 2. The van der Waals surface area contributed by atoms with Gasteiger partial charge in [0.15, 0.2) is 0 Å². The van der Waals surface area contributed by atoms with E-state index in [1.165, 1.54) is 24.3 Å². The van der Waals surface area contributed by atoms with Crippen LogP contribution >= 0.6 is 0 Å². The fourth-order valence-corrected chi connectivity index (χ4v) is 1.67. The topological polar surface area (TPSA) is 81.3 Å². The van der Waals surface area contributed by atoms with Gasteiger partial charge in [-0.25, -0.2) is 4.79 Å². The highest BCUT2D eigenvalue weighted by molar-refractivity contribution is 5.89. The third-order valence-electron chi connectivity index (χ3n) is 2.49. The number of rotatable bonds is 2. The van der Waals surface area contributed by atoms with Crippen LogP contribution in [0.15, 0.2) is 42.5 Å². The van der Waals surface area contributed by atoms with Crippen LogP contribution in [-0.2, 0) is 0 Å². The quantitative estimate of drug-likeness (QED) is 0.844. The standard InChI is InChI=1S/C14H9NO3/c15-8-9-4-12(7-13(16)5-9)10-2-1-3-11(6-10)14(17)18/h1-7,16H,(H,17,18). The van der Waals surface area contributed by atoms with Crippen molar-refractivity contribution in [2.45, 2.75) is 0 Å². The molecule has 4 heteroatoms. The van der Waals surface area contributed by atoms with Crippen LogP contribution in [0.3, 0.4) is 0 Å². The number of hydrogen-bond acceptors (Lipinski definition) is 3. The molecule has 0 aromatic heterocycles. The van der Waals surface area contributed by atoms with E-state index in [-0.39, 0.29) is 11.3 Å². The molecule has 88 valence electrons. The minimum Gasteiger partial charge on any atom is -0.508 e. The van der Waals surface area contributed by atoms with E-state index >= 15 is 0 Å². The van der Waals surface area contributed by atoms with Crippen molar-refractivity contribution in [2.24, 2.45) is 0 Å². The highest BCUT2D eigenvalue weighted by Gasteiger charge is 2.06. The van der Waals surface area contributed by atoms with Gasteiger partial charge < -0.3 is 10.2 Å². The maximum atomic E-state index is 10.9. The molecule has 0 aliphatic rings. The van der Waals surface area contributed by atoms with Crippen LogP contribution in [0.1, 0.15) is 15.9 Å². The fourth-order valence-electron chi connectivity index (χ4n) is 1.67. The Kier molecular flexibility index (Phi) is 2.98. The molecule has 18 heavy (non-hydrogen) atoms. The Hall–Kier alpha value is -2.80. The third-order valence-corrected chi connectivity index (χ3v) is 2.49. The van der Waals surface area contributed by atoms with Crippen molar-refractivity contribution in [3.8, 4) is 22.9 Å². The Morgan fingerprint density at radius 2 is 1.89 bits per heavy atom. The number of aromatic carboxylic acids is 1. The summed E-state index contributed by atoms with van der Waals surface area (Å²) in [5.74, 6) is -1.04. The van der Waals surface area contributed by atoms with Crippen molar-refractivity contribution in [1.82, 2.24) is 0 Å². The molecule has 2 aromatic rings. The van der Waals surface area contributed by atoms with E-state index in [0.717, 1.165) is 0 Å². The summed E-state index contributed by atoms with van der Waals surface area (Å²) < 4.78 is 0. The molecule has 2 aromatic carbocycles. The lowest BCUT2D eigenvalue weighted by atomic mass is 10.0. The van der Waals surface area contributed by atoms with Gasteiger partial charge in [-0.2, -0.15) is 5.26 Å². The number of phenols is 1. The molecule has 0 amide bonds. The summed E-state index contributed by atoms with van der Waals surface area (Å²) in [5.41, 5.74) is 1.73. The Morgan fingerprint density at radius 1 is 1.11 bits per heavy atom. The molecule has 0 fully saturated rings. The zero-order valence-electron chi connectivity index (χ0n) is 9.29. The monoisotopic (exact) mass is 239 g/mol. The maximum absolute atomic E-state index is 10.9. The molecule has 2 rings (SSSR count). The largest absolute Gasteiger partial charge is 0.508 e. The molecule has 0 radical (unpaired) electrons. The molecule has 0 heterocycles. The van der Waals surface area contributed by atoms with E-state index in [2.05, 4.69) is 0 Å². The average Bonchev–Trinajstić information content (AvgIpc) is 2.38. The zero-order chi connectivity index (χ0) is 13.1. The number of carbonyl (C=O) groups is 1. The van der Waals surface area contributed by atoms with E-state index < -0.39 is 5.97 Å². The summed E-state index contributed by atoms with van der Waals surface area (Å²) >= 11 is 0. The van der Waals surface area contributed by atoms with Crippen LogP contribution in [0.4, 0.5) is 0 Å². The molecular formula is C14H9NO3. The lowest BCUT2D eigenvalue weighted by molar-refractivity contribution is 0.0697. The Morgan fingerprint density at radius 3 is 2.56 bits per heavy atom. The summed E-state index contributed by atoms with van der Waals surface area (Å²) in [6, 6.07) is 12.7. The van der Waals surface area contributed by atoms with E-state index in [9.17, 15) is 9.90 Å². The summed E-state index contributed by atoms with van der Waals surface area (Å²) in [4.78, 5) is 10.9. The Balaban J connectivity index is 2.55. The summed E-state index contributed by atoms with van der Waals surface area (Å²) in [7, 11) is 0. The van der Waals surface area contributed by atoms with Crippen LogP contribution in [-0.4, -0.2) is 16.2 Å². The number of phenolic OH excluding ortho intramolecular Hbond substituents is 1. The first kappa shape index (κ1) is 11.7. The van der Waals surface area contributed by atoms with E-state index in [1.807, 2.05) is 6.07 Å². The van der Waals surface area contributed by atoms with Gasteiger partial charge >= 0.3 is 5.97 Å². The average molecular weight is 239 g/mol. The van der Waals surface area contributed by atoms with Gasteiger partial charge in [-0.3, -0.25) is 0 Å². The number of carboxylic acids is 1. The molecule has 0 aliphatic carbocycles. The second kappa shape index (κ2) is 4.60. The molecule has 2 N–H and O–H groups in total. The van der Waals surface area contributed by atoms with Crippen LogP contribution in [0, 0.1) is 11.3 Å². The molecule has 0 atom stereocenters. The normalized spacial score (nSPS) is 9.72. The highest BCUT2D eigenvalue weighted by atomic mass is 16.4. The van der Waals surface area contributed by atoms with E-state index in [1.54, 1.807) is 18.2 Å². The molecule has 0 unspecified atom stereocenters. The third kappa shape index (κ3) is 2.30. The van der Waals surface area contributed by atoms with Gasteiger partial charge in [-0.05, 0) is 41.5 Å². The van der Waals surface area contributed by atoms with Gasteiger partial charge in [-0.15, -0.1) is 0 Å². The first-order valence-corrected chi connectivity index (χ1v) is 5.18. The number of carboxylic acid groups (broad SMARTS) is 1. The molecule has 0 spiro atoms. The fraction of sp³-hybridized carbons (Fsp3) is 0. The molecule has 0 aliphatic heterocycles. The Bertz CT molecular complexity index is 656. The van der Waals surface area contributed by atoms with Gasteiger partial charge in [0.1, 0.15) is 5.75 Å². The van der Waals surface area contributed by atoms with Gasteiger partial charge in [0.25, 0.3) is 0 Å². The first-order chi connectivity index (χ1) is 8.60. The number of hydrogen-bond donors (Lipinski definition) is 2. The molecular weight excluding hydrogens is 230 g/mol. The first-order valence-electron chi connectivity index (χ1n) is 5.18. The number of aromatic hydroxyl groups is 1. The molecule has 0 saturated heterocycles. The smallest absolute Gasteiger partial charge is 0.335 e. The zero-order valence-corrected chi connectivity index (χ0v) is 9.29. The maximum Gasteiger partial charge on any atom is 0.335 e. The summed E-state index contributed by atoms with van der Waals surface area (Å²) in [5, 5.41) is 27.2. The lowest BCUT2D eigenvalue weighted by Gasteiger charge is -2.04. The van der Waals surface area contributed by atoms with Gasteiger partial charge in [0.2, 0.25) is 0 Å². The molecule has 0 saturated carbocycles. The SMILES string of the molecule is N#Cc1cc(O)cc(-c2cccc(C(=O)O)c2)c1. The van der Waals surface area contributed by atoms with Gasteiger partial charge in [-0.1, -0.05) is 12.1 Å². The minimum absolute atomic E-state index is 0.0234. The predicted octanol–water partition coefficient (Wildman–Crippen LogP) is 2.63. The Labute approximate surface area is 103 Å². The van der Waals surface area contributed by atoms with Crippen LogP contribution in [0.2, 0.25) is 0 Å². The number of nitriles is 1. The second-order valence-corrected chi connectivity index (χ2v) is 3.77. The summed E-state index contributed by atoms with van der Waals surface area (Å²) in [6.45, 7) is 0. The highest BCUT2D eigenvalue weighted by Crippen LogP contribution is 2.26.